The molecule has 0 aliphatic carbocycles. The second-order valence-corrected chi connectivity index (χ2v) is 7.23. The largest absolute Gasteiger partial charge is 0.423 e. The molecule has 1 rings (SSSR count). The Bertz CT molecular complexity index is 488. The topological polar surface area (TPSA) is 63.6 Å². The number of para-hydroxylation sites is 1. The standard InChI is InChI=1S/C13H19O4P/c1-5-18(15,16)17-12-10(9-14)7-6-8-11(12)13(2,3)4/h6-9H,5H2,1-4H3,(H,15,16). The molecule has 0 aromatic heterocycles. The lowest BCUT2D eigenvalue weighted by Crippen LogP contribution is -2.14. The summed E-state index contributed by atoms with van der Waals surface area (Å²) in [4.78, 5) is 20.6. The molecule has 0 fully saturated rings. The van der Waals surface area contributed by atoms with E-state index in [1.54, 1.807) is 25.1 Å². The summed E-state index contributed by atoms with van der Waals surface area (Å²) >= 11 is 0. The van der Waals surface area contributed by atoms with Gasteiger partial charge in [-0.15, -0.1) is 0 Å². The molecule has 1 unspecified atom stereocenters. The number of aldehydes is 1. The third kappa shape index (κ3) is 3.44. The molecule has 0 aliphatic rings. The minimum Gasteiger partial charge on any atom is -0.423 e. The van der Waals surface area contributed by atoms with E-state index in [0.29, 0.717) is 11.8 Å². The first-order valence-electron chi connectivity index (χ1n) is 5.81. The number of carbonyl (C=O) groups is 1. The van der Waals surface area contributed by atoms with Crippen molar-refractivity contribution in [3.63, 3.8) is 0 Å². The van der Waals surface area contributed by atoms with Crippen molar-refractivity contribution in [2.45, 2.75) is 33.1 Å². The van der Waals surface area contributed by atoms with Crippen LogP contribution < -0.4 is 4.52 Å². The minimum absolute atomic E-state index is 0.00374. The molecule has 0 bridgehead atoms. The number of hydrogen-bond acceptors (Lipinski definition) is 3. The van der Waals surface area contributed by atoms with E-state index in [1.807, 2.05) is 20.8 Å². The van der Waals surface area contributed by atoms with E-state index < -0.39 is 7.60 Å². The van der Waals surface area contributed by atoms with Crippen molar-refractivity contribution in [1.82, 2.24) is 0 Å². The van der Waals surface area contributed by atoms with Gasteiger partial charge in [-0.1, -0.05) is 39.8 Å². The molecule has 1 aromatic rings. The van der Waals surface area contributed by atoms with Crippen LogP contribution in [0, 0.1) is 0 Å². The van der Waals surface area contributed by atoms with Gasteiger partial charge in [0.05, 0.1) is 11.7 Å². The Balaban J connectivity index is 3.38. The molecule has 4 nitrogen and oxygen atoms in total. The van der Waals surface area contributed by atoms with Crippen molar-refractivity contribution >= 4 is 13.9 Å². The smallest absolute Gasteiger partial charge is 0.376 e. The summed E-state index contributed by atoms with van der Waals surface area (Å²) in [6.45, 7) is 7.44. The van der Waals surface area contributed by atoms with Gasteiger partial charge in [0.1, 0.15) is 5.75 Å². The van der Waals surface area contributed by atoms with Crippen LogP contribution in [0.3, 0.4) is 0 Å². The first-order valence-corrected chi connectivity index (χ1v) is 7.57. The van der Waals surface area contributed by atoms with Crippen molar-refractivity contribution in [1.29, 1.82) is 0 Å². The van der Waals surface area contributed by atoms with Gasteiger partial charge in [-0.25, -0.2) is 4.57 Å². The van der Waals surface area contributed by atoms with Gasteiger partial charge in [0.2, 0.25) is 0 Å². The molecule has 0 aliphatic heterocycles. The summed E-state index contributed by atoms with van der Waals surface area (Å²) in [7, 11) is -3.69. The molecule has 100 valence electrons. The average Bonchev–Trinajstić information content (AvgIpc) is 2.27. The maximum absolute atomic E-state index is 11.7. The van der Waals surface area contributed by atoms with Crippen molar-refractivity contribution in [3.05, 3.63) is 29.3 Å². The van der Waals surface area contributed by atoms with Gasteiger partial charge < -0.3 is 9.42 Å². The Morgan fingerprint density at radius 3 is 2.44 bits per heavy atom. The lowest BCUT2D eigenvalue weighted by molar-refractivity contribution is 0.112. The highest BCUT2D eigenvalue weighted by atomic mass is 31.2. The third-order valence-corrected chi connectivity index (χ3v) is 3.88. The molecule has 1 N–H and O–H groups in total. The van der Waals surface area contributed by atoms with Crippen LogP contribution in [0.4, 0.5) is 0 Å². The van der Waals surface area contributed by atoms with Gasteiger partial charge in [-0.05, 0) is 11.5 Å². The summed E-state index contributed by atoms with van der Waals surface area (Å²) in [5, 5.41) is 0. The fraction of sp³-hybridized carbons (Fsp3) is 0.462. The minimum atomic E-state index is -3.69. The Labute approximate surface area is 108 Å². The van der Waals surface area contributed by atoms with E-state index in [-0.39, 0.29) is 17.3 Å². The van der Waals surface area contributed by atoms with Gasteiger partial charge >= 0.3 is 7.60 Å². The SMILES string of the molecule is CCP(=O)(O)Oc1c(C=O)cccc1C(C)(C)C. The van der Waals surface area contributed by atoms with Gasteiger partial charge in [-0.3, -0.25) is 4.79 Å². The zero-order valence-corrected chi connectivity index (χ0v) is 12.0. The van der Waals surface area contributed by atoms with E-state index in [4.69, 9.17) is 4.52 Å². The van der Waals surface area contributed by atoms with Crippen LogP contribution in [0.25, 0.3) is 0 Å². The molecule has 0 heterocycles. The van der Waals surface area contributed by atoms with E-state index >= 15 is 0 Å². The molecular weight excluding hydrogens is 251 g/mol. The summed E-state index contributed by atoms with van der Waals surface area (Å²) in [5.41, 5.74) is 0.766. The first kappa shape index (κ1) is 14.9. The van der Waals surface area contributed by atoms with E-state index in [0.717, 1.165) is 5.56 Å². The monoisotopic (exact) mass is 270 g/mol. The maximum Gasteiger partial charge on any atom is 0.376 e. The fourth-order valence-corrected chi connectivity index (χ4v) is 2.17. The molecule has 18 heavy (non-hydrogen) atoms. The Hall–Kier alpha value is -1.12. The van der Waals surface area contributed by atoms with Crippen LogP contribution in [-0.2, 0) is 9.98 Å². The van der Waals surface area contributed by atoms with Crippen LogP contribution >= 0.6 is 7.60 Å². The number of hydrogen-bond donors (Lipinski definition) is 1. The highest BCUT2D eigenvalue weighted by molar-refractivity contribution is 7.53. The zero-order valence-electron chi connectivity index (χ0n) is 11.1. The van der Waals surface area contributed by atoms with Gasteiger partial charge in [0, 0.05) is 5.56 Å². The van der Waals surface area contributed by atoms with Crippen LogP contribution in [0.2, 0.25) is 0 Å². The summed E-state index contributed by atoms with van der Waals surface area (Å²) in [6.07, 6.45) is 0.643. The van der Waals surface area contributed by atoms with Crippen molar-refractivity contribution in [3.8, 4) is 5.75 Å². The summed E-state index contributed by atoms with van der Waals surface area (Å²) < 4.78 is 16.9. The van der Waals surface area contributed by atoms with Gasteiger partial charge in [-0.2, -0.15) is 0 Å². The summed E-state index contributed by atoms with van der Waals surface area (Å²) in [5.74, 6) is 0.215. The molecule has 0 spiro atoms. The molecule has 0 radical (unpaired) electrons. The normalized spacial score (nSPS) is 14.9. The molecule has 5 heteroatoms. The summed E-state index contributed by atoms with van der Waals surface area (Å²) in [6, 6.07) is 5.12. The maximum atomic E-state index is 11.7. The molecule has 0 saturated carbocycles. The predicted molar refractivity (Wildman–Crippen MR) is 71.5 cm³/mol. The van der Waals surface area contributed by atoms with E-state index in [2.05, 4.69) is 0 Å². The van der Waals surface area contributed by atoms with Crippen molar-refractivity contribution in [2.75, 3.05) is 6.16 Å². The molecule has 1 aromatic carbocycles. The highest BCUT2D eigenvalue weighted by Gasteiger charge is 2.26. The number of benzene rings is 1. The lowest BCUT2D eigenvalue weighted by atomic mass is 9.85. The van der Waals surface area contributed by atoms with Crippen molar-refractivity contribution in [2.24, 2.45) is 0 Å². The quantitative estimate of drug-likeness (QED) is 0.673. The van der Waals surface area contributed by atoms with Gasteiger partial charge in [0.25, 0.3) is 0 Å². The number of rotatable bonds is 4. The molecule has 0 amide bonds. The molecule has 0 saturated heterocycles. The third-order valence-electron chi connectivity index (χ3n) is 2.61. The second kappa shape index (κ2) is 5.25. The fourth-order valence-electron chi connectivity index (χ4n) is 1.55. The van der Waals surface area contributed by atoms with Crippen LogP contribution in [0.15, 0.2) is 18.2 Å². The molecule has 1 atom stereocenters. The average molecular weight is 270 g/mol. The second-order valence-electron chi connectivity index (χ2n) is 5.14. The van der Waals surface area contributed by atoms with Crippen LogP contribution in [0.1, 0.15) is 43.6 Å². The Morgan fingerprint density at radius 1 is 1.39 bits per heavy atom. The Morgan fingerprint density at radius 2 is 2.00 bits per heavy atom. The van der Waals surface area contributed by atoms with E-state index in [9.17, 15) is 14.3 Å². The zero-order chi connectivity index (χ0) is 14.0. The first-order chi connectivity index (χ1) is 8.21. The molecular formula is C13H19O4P. The van der Waals surface area contributed by atoms with Crippen LogP contribution in [0.5, 0.6) is 5.75 Å². The Kier molecular flexibility index (Phi) is 4.36. The highest BCUT2D eigenvalue weighted by Crippen LogP contribution is 2.46. The predicted octanol–water partition coefficient (Wildman–Crippen LogP) is 3.38. The van der Waals surface area contributed by atoms with Gasteiger partial charge in [0.15, 0.2) is 6.29 Å². The van der Waals surface area contributed by atoms with Crippen molar-refractivity contribution < 1.29 is 18.8 Å². The number of carbonyl (C=O) groups excluding carboxylic acids is 1. The van der Waals surface area contributed by atoms with E-state index in [1.165, 1.54) is 0 Å². The van der Waals surface area contributed by atoms with Crippen LogP contribution in [-0.4, -0.2) is 17.3 Å². The lowest BCUT2D eigenvalue weighted by Gasteiger charge is -2.24.